The number of hydrogen-bond donors (Lipinski definition) is 1. The summed E-state index contributed by atoms with van der Waals surface area (Å²) in [6.07, 6.45) is 0.175. The van der Waals surface area contributed by atoms with Gasteiger partial charge in [0.25, 0.3) is 0 Å². The van der Waals surface area contributed by atoms with Crippen molar-refractivity contribution in [2.75, 3.05) is 13.1 Å². The third kappa shape index (κ3) is 2.45. The summed E-state index contributed by atoms with van der Waals surface area (Å²) >= 11 is 0. The van der Waals surface area contributed by atoms with Crippen molar-refractivity contribution < 1.29 is 9.90 Å². The largest absolute Gasteiger partial charge is 0.481 e. The number of benzene rings is 2. The summed E-state index contributed by atoms with van der Waals surface area (Å²) in [7, 11) is 0. The van der Waals surface area contributed by atoms with Crippen molar-refractivity contribution in [3.63, 3.8) is 0 Å². The number of carboxylic acid groups (broad SMARTS) is 1. The molecular weight excluding hydrogens is 262 g/mol. The summed E-state index contributed by atoms with van der Waals surface area (Å²) in [4.78, 5) is 13.1. The van der Waals surface area contributed by atoms with Crippen molar-refractivity contribution in [1.29, 1.82) is 0 Å². The van der Waals surface area contributed by atoms with E-state index in [9.17, 15) is 4.79 Å². The smallest absolute Gasteiger partial charge is 0.304 e. The first-order chi connectivity index (χ1) is 10.2. The van der Waals surface area contributed by atoms with Gasteiger partial charge >= 0.3 is 5.97 Å². The van der Waals surface area contributed by atoms with E-state index >= 15 is 0 Å². The molecule has 1 aliphatic rings. The molecule has 1 aliphatic carbocycles. The molecule has 108 valence electrons. The molecule has 2 aromatic rings. The molecule has 0 aromatic heterocycles. The second-order valence-corrected chi connectivity index (χ2v) is 5.35. The number of rotatable bonds is 5. The first-order valence-electron chi connectivity index (χ1n) is 7.36. The van der Waals surface area contributed by atoms with Gasteiger partial charge in [0.1, 0.15) is 0 Å². The zero-order valence-corrected chi connectivity index (χ0v) is 12.1. The van der Waals surface area contributed by atoms with Crippen molar-refractivity contribution in [2.24, 2.45) is 0 Å². The van der Waals surface area contributed by atoms with Crippen LogP contribution in [0.1, 0.15) is 30.5 Å². The molecule has 0 unspecified atom stereocenters. The standard InChI is InChI=1S/C18H19NO2/c1-2-19(12-11-17(20)21)18-15-9-5-3-7-13(15)14-8-4-6-10-16(14)18/h3-10,18H,2,11-12H2,1H3,(H,20,21). The summed E-state index contributed by atoms with van der Waals surface area (Å²) in [6, 6.07) is 17.0. The van der Waals surface area contributed by atoms with Crippen LogP contribution >= 0.6 is 0 Å². The molecule has 3 heteroatoms. The van der Waals surface area contributed by atoms with E-state index in [1.165, 1.54) is 22.3 Å². The molecule has 0 bridgehead atoms. The normalized spacial score (nSPS) is 13.2. The number of carboxylic acids is 1. The van der Waals surface area contributed by atoms with Crippen LogP contribution in [0.15, 0.2) is 48.5 Å². The quantitative estimate of drug-likeness (QED) is 0.911. The molecule has 0 aliphatic heterocycles. The predicted octanol–water partition coefficient (Wildman–Crippen LogP) is 3.55. The van der Waals surface area contributed by atoms with Crippen LogP contribution in [0.2, 0.25) is 0 Å². The Balaban J connectivity index is 2.03. The van der Waals surface area contributed by atoms with Gasteiger partial charge in [-0.25, -0.2) is 0 Å². The molecule has 3 rings (SSSR count). The van der Waals surface area contributed by atoms with Crippen LogP contribution < -0.4 is 0 Å². The van der Waals surface area contributed by atoms with E-state index in [1.54, 1.807) is 0 Å². The number of hydrogen-bond acceptors (Lipinski definition) is 2. The van der Waals surface area contributed by atoms with Crippen molar-refractivity contribution in [1.82, 2.24) is 4.90 Å². The molecule has 2 aromatic carbocycles. The van der Waals surface area contributed by atoms with E-state index in [4.69, 9.17) is 5.11 Å². The van der Waals surface area contributed by atoms with Gasteiger partial charge in [-0.2, -0.15) is 0 Å². The van der Waals surface area contributed by atoms with Gasteiger partial charge in [0.2, 0.25) is 0 Å². The lowest BCUT2D eigenvalue weighted by Gasteiger charge is -2.28. The maximum absolute atomic E-state index is 10.9. The SMILES string of the molecule is CCN(CCC(=O)O)C1c2ccccc2-c2ccccc21. The van der Waals surface area contributed by atoms with Gasteiger partial charge in [0.05, 0.1) is 12.5 Å². The van der Waals surface area contributed by atoms with Gasteiger partial charge < -0.3 is 5.11 Å². The van der Waals surface area contributed by atoms with Gasteiger partial charge in [-0.15, -0.1) is 0 Å². The minimum absolute atomic E-state index is 0.168. The van der Waals surface area contributed by atoms with Crippen LogP contribution in [0.4, 0.5) is 0 Å². The molecule has 1 N–H and O–H groups in total. The van der Waals surface area contributed by atoms with Crippen LogP contribution in [0, 0.1) is 0 Å². The molecule has 0 spiro atoms. The van der Waals surface area contributed by atoms with Crippen LogP contribution in [0.25, 0.3) is 11.1 Å². The lowest BCUT2D eigenvalue weighted by molar-refractivity contribution is -0.137. The van der Waals surface area contributed by atoms with E-state index in [-0.39, 0.29) is 12.5 Å². The zero-order valence-electron chi connectivity index (χ0n) is 12.1. The Morgan fingerprint density at radius 1 is 1.05 bits per heavy atom. The minimum atomic E-state index is -0.743. The van der Waals surface area contributed by atoms with Crippen LogP contribution in [-0.2, 0) is 4.79 Å². The second-order valence-electron chi connectivity index (χ2n) is 5.35. The maximum Gasteiger partial charge on any atom is 0.304 e. The molecule has 0 saturated carbocycles. The second kappa shape index (κ2) is 5.70. The number of carbonyl (C=O) groups is 1. The fraction of sp³-hybridized carbons (Fsp3) is 0.278. The average Bonchev–Trinajstić information content (AvgIpc) is 2.83. The van der Waals surface area contributed by atoms with Crippen LogP contribution in [-0.4, -0.2) is 29.1 Å². The van der Waals surface area contributed by atoms with E-state index in [0.717, 1.165) is 6.54 Å². The first-order valence-corrected chi connectivity index (χ1v) is 7.36. The highest BCUT2D eigenvalue weighted by Crippen LogP contribution is 2.45. The average molecular weight is 281 g/mol. The van der Waals surface area contributed by atoms with Crippen LogP contribution in [0.5, 0.6) is 0 Å². The van der Waals surface area contributed by atoms with Crippen molar-refractivity contribution >= 4 is 5.97 Å². The van der Waals surface area contributed by atoms with Gasteiger partial charge in [-0.05, 0) is 28.8 Å². The maximum atomic E-state index is 10.9. The zero-order chi connectivity index (χ0) is 14.8. The van der Waals surface area contributed by atoms with Gasteiger partial charge in [0.15, 0.2) is 0 Å². The lowest BCUT2D eigenvalue weighted by Crippen LogP contribution is -2.30. The summed E-state index contributed by atoms with van der Waals surface area (Å²) in [5.74, 6) is -0.743. The minimum Gasteiger partial charge on any atom is -0.481 e. The fourth-order valence-corrected chi connectivity index (χ4v) is 3.23. The predicted molar refractivity (Wildman–Crippen MR) is 83.2 cm³/mol. The van der Waals surface area contributed by atoms with Gasteiger partial charge in [-0.3, -0.25) is 9.69 Å². The summed E-state index contributed by atoms with van der Waals surface area (Å²) < 4.78 is 0. The number of nitrogens with zero attached hydrogens (tertiary/aromatic N) is 1. The molecular formula is C18H19NO2. The molecule has 0 heterocycles. The fourth-order valence-electron chi connectivity index (χ4n) is 3.23. The summed E-state index contributed by atoms with van der Waals surface area (Å²) in [6.45, 7) is 3.49. The monoisotopic (exact) mass is 281 g/mol. The third-order valence-electron chi connectivity index (χ3n) is 4.19. The Kier molecular flexibility index (Phi) is 3.76. The Labute approximate surface area is 124 Å². The molecule has 0 amide bonds. The van der Waals surface area contributed by atoms with E-state index in [2.05, 4.69) is 60.4 Å². The van der Waals surface area contributed by atoms with Crippen molar-refractivity contribution in [3.05, 3.63) is 59.7 Å². The van der Waals surface area contributed by atoms with Crippen LogP contribution in [0.3, 0.4) is 0 Å². The highest BCUT2D eigenvalue weighted by molar-refractivity contribution is 5.78. The molecule has 3 nitrogen and oxygen atoms in total. The van der Waals surface area contributed by atoms with Gasteiger partial charge in [0, 0.05) is 6.54 Å². The topological polar surface area (TPSA) is 40.5 Å². The highest BCUT2D eigenvalue weighted by Gasteiger charge is 2.31. The summed E-state index contributed by atoms with van der Waals surface area (Å²) in [5.41, 5.74) is 5.11. The Morgan fingerprint density at radius 3 is 2.05 bits per heavy atom. The molecule has 0 saturated heterocycles. The number of fused-ring (bicyclic) bond motifs is 3. The Hall–Kier alpha value is -2.13. The van der Waals surface area contributed by atoms with Crippen molar-refractivity contribution in [3.8, 4) is 11.1 Å². The Morgan fingerprint density at radius 2 is 1.57 bits per heavy atom. The van der Waals surface area contributed by atoms with E-state index < -0.39 is 5.97 Å². The molecule has 0 fully saturated rings. The molecule has 21 heavy (non-hydrogen) atoms. The van der Waals surface area contributed by atoms with E-state index in [1.807, 2.05) is 0 Å². The molecule has 0 atom stereocenters. The highest BCUT2D eigenvalue weighted by atomic mass is 16.4. The number of aliphatic carboxylic acids is 1. The van der Waals surface area contributed by atoms with Gasteiger partial charge in [-0.1, -0.05) is 55.5 Å². The summed E-state index contributed by atoms with van der Waals surface area (Å²) in [5, 5.41) is 8.96. The first kappa shape index (κ1) is 13.8. The Bertz CT molecular complexity index is 620. The molecule has 0 radical (unpaired) electrons. The lowest BCUT2D eigenvalue weighted by atomic mass is 10.0. The van der Waals surface area contributed by atoms with E-state index in [0.29, 0.717) is 6.54 Å². The third-order valence-corrected chi connectivity index (χ3v) is 4.19. The van der Waals surface area contributed by atoms with Crippen molar-refractivity contribution in [2.45, 2.75) is 19.4 Å².